The molecule has 16 heavy (non-hydrogen) atoms. The zero-order valence-corrected chi connectivity index (χ0v) is 11.2. The number of aliphatic hydroxyl groups is 1. The largest absolute Gasteiger partial charge is 0.385 e. The summed E-state index contributed by atoms with van der Waals surface area (Å²) in [6, 6.07) is 2.73. The van der Waals surface area contributed by atoms with Crippen molar-refractivity contribution in [3.63, 3.8) is 0 Å². The van der Waals surface area contributed by atoms with Gasteiger partial charge in [-0.1, -0.05) is 0 Å². The zero-order valence-electron chi connectivity index (χ0n) is 10.4. The van der Waals surface area contributed by atoms with Crippen LogP contribution in [-0.2, 0) is 5.60 Å². The van der Waals surface area contributed by atoms with Crippen LogP contribution in [0.15, 0.2) is 11.4 Å². The van der Waals surface area contributed by atoms with Crippen LogP contribution < -0.4 is 0 Å². The highest BCUT2D eigenvalue weighted by Gasteiger charge is 2.34. The Labute approximate surface area is 102 Å². The molecule has 0 bridgehead atoms. The van der Waals surface area contributed by atoms with Crippen molar-refractivity contribution < 1.29 is 5.11 Å². The summed E-state index contributed by atoms with van der Waals surface area (Å²) in [5, 5.41) is 12.7. The van der Waals surface area contributed by atoms with Gasteiger partial charge in [-0.15, -0.1) is 11.3 Å². The summed E-state index contributed by atoms with van der Waals surface area (Å²) in [6.45, 7) is 8.55. The maximum atomic E-state index is 10.6. The van der Waals surface area contributed by atoms with Crippen LogP contribution in [0.4, 0.5) is 0 Å². The van der Waals surface area contributed by atoms with Gasteiger partial charge in [0.2, 0.25) is 0 Å². The molecule has 1 aliphatic rings. The van der Waals surface area contributed by atoms with Crippen LogP contribution >= 0.6 is 11.3 Å². The third kappa shape index (κ3) is 2.31. The number of aryl methyl sites for hydroxylation is 1. The third-order valence-corrected chi connectivity index (χ3v) is 4.48. The Balaban J connectivity index is 2.06. The standard InChI is InChI=1S/C13H21NOS/c1-10(2)14-6-4-13(15,5-7-14)12-8-11(3)16-9-12/h8-10,15H,4-7H2,1-3H3. The highest BCUT2D eigenvalue weighted by molar-refractivity contribution is 7.10. The predicted octanol–water partition coefficient (Wildman–Crippen LogP) is 2.75. The highest BCUT2D eigenvalue weighted by Crippen LogP contribution is 2.35. The average molecular weight is 239 g/mol. The van der Waals surface area contributed by atoms with Gasteiger partial charge in [0.15, 0.2) is 0 Å². The van der Waals surface area contributed by atoms with Crippen molar-refractivity contribution in [3.8, 4) is 0 Å². The van der Waals surface area contributed by atoms with E-state index < -0.39 is 5.60 Å². The Morgan fingerprint density at radius 3 is 2.44 bits per heavy atom. The Morgan fingerprint density at radius 1 is 1.38 bits per heavy atom. The van der Waals surface area contributed by atoms with Gasteiger partial charge in [0.25, 0.3) is 0 Å². The number of hydrogen-bond donors (Lipinski definition) is 1. The minimum atomic E-state index is -0.573. The SMILES string of the molecule is Cc1cc(C2(O)CCN(C(C)C)CC2)cs1. The van der Waals surface area contributed by atoms with Crippen molar-refractivity contribution in [2.24, 2.45) is 0 Å². The Morgan fingerprint density at radius 2 is 2.00 bits per heavy atom. The molecule has 1 aromatic rings. The molecule has 2 rings (SSSR count). The van der Waals surface area contributed by atoms with Crippen molar-refractivity contribution in [2.75, 3.05) is 13.1 Å². The molecule has 2 nitrogen and oxygen atoms in total. The number of thiophene rings is 1. The first-order valence-corrected chi connectivity index (χ1v) is 6.91. The lowest BCUT2D eigenvalue weighted by Crippen LogP contribution is -2.45. The van der Waals surface area contributed by atoms with Gasteiger partial charge >= 0.3 is 0 Å². The quantitative estimate of drug-likeness (QED) is 0.858. The van der Waals surface area contributed by atoms with Gasteiger partial charge in [0.05, 0.1) is 5.60 Å². The summed E-state index contributed by atoms with van der Waals surface area (Å²) >= 11 is 1.73. The van der Waals surface area contributed by atoms with Crippen LogP contribution in [-0.4, -0.2) is 29.1 Å². The van der Waals surface area contributed by atoms with Gasteiger partial charge in [0, 0.05) is 24.0 Å². The van der Waals surface area contributed by atoms with E-state index in [1.165, 1.54) is 4.88 Å². The molecule has 2 heterocycles. The molecule has 1 aliphatic heterocycles. The van der Waals surface area contributed by atoms with Crippen LogP contribution in [0.5, 0.6) is 0 Å². The monoisotopic (exact) mass is 239 g/mol. The lowest BCUT2D eigenvalue weighted by atomic mass is 9.85. The van der Waals surface area contributed by atoms with E-state index in [4.69, 9.17) is 0 Å². The van der Waals surface area contributed by atoms with E-state index in [0.29, 0.717) is 6.04 Å². The maximum Gasteiger partial charge on any atom is 0.0929 e. The number of hydrogen-bond acceptors (Lipinski definition) is 3. The molecule has 3 heteroatoms. The summed E-state index contributed by atoms with van der Waals surface area (Å²) in [7, 11) is 0. The van der Waals surface area contributed by atoms with Crippen molar-refractivity contribution in [1.82, 2.24) is 4.90 Å². The highest BCUT2D eigenvalue weighted by atomic mass is 32.1. The summed E-state index contributed by atoms with van der Waals surface area (Å²) < 4.78 is 0. The molecule has 0 radical (unpaired) electrons. The summed E-state index contributed by atoms with van der Waals surface area (Å²) in [4.78, 5) is 3.72. The second kappa shape index (κ2) is 4.47. The maximum absolute atomic E-state index is 10.6. The Kier molecular flexibility index (Phi) is 3.38. The molecule has 0 aromatic carbocycles. The first-order chi connectivity index (χ1) is 7.51. The first-order valence-electron chi connectivity index (χ1n) is 6.03. The van der Waals surface area contributed by atoms with Gasteiger partial charge in [0.1, 0.15) is 0 Å². The Bertz CT molecular complexity index is 351. The smallest absolute Gasteiger partial charge is 0.0929 e. The van der Waals surface area contributed by atoms with Crippen molar-refractivity contribution in [1.29, 1.82) is 0 Å². The van der Waals surface area contributed by atoms with Gasteiger partial charge in [-0.3, -0.25) is 0 Å². The van der Waals surface area contributed by atoms with E-state index in [2.05, 4.69) is 37.1 Å². The molecule has 0 amide bonds. The van der Waals surface area contributed by atoms with E-state index in [1.54, 1.807) is 11.3 Å². The van der Waals surface area contributed by atoms with Crippen LogP contribution in [0.25, 0.3) is 0 Å². The Hall–Kier alpha value is -0.380. The molecule has 0 atom stereocenters. The number of piperidine rings is 1. The molecule has 0 saturated carbocycles. The van der Waals surface area contributed by atoms with Gasteiger partial charge in [-0.25, -0.2) is 0 Å². The van der Waals surface area contributed by atoms with Crippen LogP contribution in [0.2, 0.25) is 0 Å². The summed E-state index contributed by atoms with van der Waals surface area (Å²) in [5.41, 5.74) is 0.550. The fraction of sp³-hybridized carbons (Fsp3) is 0.692. The van der Waals surface area contributed by atoms with E-state index >= 15 is 0 Å². The van der Waals surface area contributed by atoms with Crippen LogP contribution in [0.3, 0.4) is 0 Å². The molecule has 0 spiro atoms. The molecule has 1 fully saturated rings. The van der Waals surface area contributed by atoms with E-state index in [9.17, 15) is 5.11 Å². The van der Waals surface area contributed by atoms with Crippen LogP contribution in [0, 0.1) is 6.92 Å². The topological polar surface area (TPSA) is 23.5 Å². The second-order valence-electron chi connectivity index (χ2n) is 5.11. The molecule has 1 saturated heterocycles. The molecular weight excluding hydrogens is 218 g/mol. The lowest BCUT2D eigenvalue weighted by molar-refractivity contribution is -0.0320. The summed E-state index contributed by atoms with van der Waals surface area (Å²) in [6.07, 6.45) is 1.72. The predicted molar refractivity (Wildman–Crippen MR) is 68.9 cm³/mol. The fourth-order valence-electron chi connectivity index (χ4n) is 2.39. The number of nitrogens with zero attached hydrogens (tertiary/aromatic N) is 1. The normalized spacial score (nSPS) is 21.6. The molecule has 1 aromatic heterocycles. The number of likely N-dealkylation sites (tertiary alicyclic amines) is 1. The van der Waals surface area contributed by atoms with E-state index in [-0.39, 0.29) is 0 Å². The molecule has 90 valence electrons. The van der Waals surface area contributed by atoms with E-state index in [1.807, 2.05) is 0 Å². The zero-order chi connectivity index (χ0) is 11.8. The van der Waals surface area contributed by atoms with Crippen molar-refractivity contribution >= 4 is 11.3 Å². The van der Waals surface area contributed by atoms with E-state index in [0.717, 1.165) is 31.5 Å². The molecule has 0 aliphatic carbocycles. The minimum absolute atomic E-state index is 0.573. The molecular formula is C13H21NOS. The molecule has 1 N–H and O–H groups in total. The lowest BCUT2D eigenvalue weighted by Gasteiger charge is -2.39. The third-order valence-electron chi connectivity index (χ3n) is 3.62. The van der Waals surface area contributed by atoms with Crippen LogP contribution in [0.1, 0.15) is 37.1 Å². The molecule has 0 unspecified atom stereocenters. The summed E-state index contributed by atoms with van der Waals surface area (Å²) in [5.74, 6) is 0. The first kappa shape index (κ1) is 12.1. The van der Waals surface area contributed by atoms with Gasteiger partial charge < -0.3 is 10.0 Å². The average Bonchev–Trinajstić information content (AvgIpc) is 2.66. The van der Waals surface area contributed by atoms with Gasteiger partial charge in [-0.05, 0) is 50.6 Å². The van der Waals surface area contributed by atoms with Gasteiger partial charge in [-0.2, -0.15) is 0 Å². The minimum Gasteiger partial charge on any atom is -0.385 e. The second-order valence-corrected chi connectivity index (χ2v) is 6.22. The van der Waals surface area contributed by atoms with Crippen molar-refractivity contribution in [2.45, 2.75) is 45.3 Å². The fourth-order valence-corrected chi connectivity index (χ4v) is 3.18. The van der Waals surface area contributed by atoms with Crippen molar-refractivity contribution in [3.05, 3.63) is 21.9 Å². The number of rotatable bonds is 2.